The molecule has 1 spiro atoms. The maximum absolute atomic E-state index is 14.3. The molecule has 7 rings (SSSR count). The van der Waals surface area contributed by atoms with Gasteiger partial charge < -0.3 is 4.90 Å². The van der Waals surface area contributed by atoms with Crippen molar-refractivity contribution >= 4 is 59.9 Å². The summed E-state index contributed by atoms with van der Waals surface area (Å²) in [7, 11) is -0.811. The molecule has 1 saturated carbocycles. The number of aromatic nitrogens is 5. The SMILES string of the molecule is C=S1(=O)Cc2ccc(Br)nc2CC(=O)[C@@H]2C[C@@]3(C=CCCCN1C)C[C@H]3N2C(=O)Cn1nc(C(C)=O)c2cc(-c3cnc(C)nc3)ccc21. The third kappa shape index (κ3) is 6.39. The van der Waals surface area contributed by atoms with Gasteiger partial charge in [0.2, 0.25) is 5.91 Å². The van der Waals surface area contributed by atoms with Gasteiger partial charge in [-0.2, -0.15) is 5.10 Å². The first kappa shape index (κ1) is 33.4. The van der Waals surface area contributed by atoms with Gasteiger partial charge in [-0.25, -0.2) is 19.3 Å². The molecular formula is C36H38BrN7O4S. The van der Waals surface area contributed by atoms with Crippen molar-refractivity contribution in [2.75, 3.05) is 13.6 Å². The van der Waals surface area contributed by atoms with Gasteiger partial charge in [0.25, 0.3) is 0 Å². The fourth-order valence-electron chi connectivity index (χ4n) is 7.27. The fraction of sp³-hybridized carbons (Fsp3) is 0.389. The van der Waals surface area contributed by atoms with Gasteiger partial charge in [0, 0.05) is 58.0 Å². The average molecular weight is 745 g/mol. The molecule has 13 heteroatoms. The lowest BCUT2D eigenvalue weighted by Crippen LogP contribution is -2.45. The van der Waals surface area contributed by atoms with Crippen LogP contribution < -0.4 is 0 Å². The van der Waals surface area contributed by atoms with Gasteiger partial charge in [0.05, 0.1) is 29.4 Å². The van der Waals surface area contributed by atoms with Crippen LogP contribution in [0.15, 0.2) is 59.5 Å². The number of fused-ring (bicyclic) bond motifs is 3. The van der Waals surface area contributed by atoms with Gasteiger partial charge in [-0.3, -0.25) is 23.3 Å². The molecule has 4 aromatic rings. The van der Waals surface area contributed by atoms with E-state index in [-0.39, 0.29) is 53.3 Å². The van der Waals surface area contributed by atoms with E-state index >= 15 is 0 Å². The van der Waals surface area contributed by atoms with E-state index in [0.717, 1.165) is 30.4 Å². The number of allylic oxidation sites excluding steroid dienone is 1. The van der Waals surface area contributed by atoms with Crippen LogP contribution in [0.25, 0.3) is 22.0 Å². The maximum atomic E-state index is 14.3. The summed E-state index contributed by atoms with van der Waals surface area (Å²) < 4.78 is 17.6. The van der Waals surface area contributed by atoms with Crippen molar-refractivity contribution in [2.24, 2.45) is 5.41 Å². The van der Waals surface area contributed by atoms with Crippen LogP contribution in [-0.2, 0) is 38.0 Å². The zero-order valence-corrected chi connectivity index (χ0v) is 30.2. The van der Waals surface area contributed by atoms with E-state index < -0.39 is 15.7 Å². The first-order valence-corrected chi connectivity index (χ1v) is 19.0. The van der Waals surface area contributed by atoms with E-state index in [1.165, 1.54) is 6.92 Å². The van der Waals surface area contributed by atoms with Gasteiger partial charge >= 0.3 is 0 Å². The predicted molar refractivity (Wildman–Crippen MR) is 192 cm³/mol. The number of piperidine rings is 1. The Morgan fingerprint density at radius 1 is 1.12 bits per heavy atom. The van der Waals surface area contributed by atoms with E-state index in [9.17, 15) is 18.6 Å². The molecule has 49 heavy (non-hydrogen) atoms. The van der Waals surface area contributed by atoms with Gasteiger partial charge in [-0.1, -0.05) is 24.3 Å². The van der Waals surface area contributed by atoms with Gasteiger partial charge in [-0.15, -0.1) is 0 Å². The first-order chi connectivity index (χ1) is 23.3. The normalized spacial score (nSPS) is 25.8. The zero-order valence-electron chi connectivity index (χ0n) is 27.8. The molecule has 1 aliphatic carbocycles. The van der Waals surface area contributed by atoms with Crippen LogP contribution in [0.3, 0.4) is 0 Å². The summed E-state index contributed by atoms with van der Waals surface area (Å²) in [5.74, 6) is 4.34. The number of carbonyl (C=O) groups is 3. The number of carbonyl (C=O) groups excluding carboxylic acids is 3. The Kier molecular flexibility index (Phi) is 8.65. The van der Waals surface area contributed by atoms with Crippen LogP contribution >= 0.6 is 15.9 Å². The largest absolute Gasteiger partial charge is 0.327 e. The number of halogens is 1. The van der Waals surface area contributed by atoms with E-state index in [0.29, 0.717) is 45.6 Å². The number of ketones is 2. The first-order valence-electron chi connectivity index (χ1n) is 16.4. The summed E-state index contributed by atoms with van der Waals surface area (Å²) in [4.78, 5) is 56.2. The number of benzene rings is 1. The molecule has 0 radical (unpaired) electrons. The van der Waals surface area contributed by atoms with Crippen LogP contribution in [0.5, 0.6) is 0 Å². The second kappa shape index (κ2) is 12.7. The number of rotatable bonds is 4. The molecule has 11 nitrogen and oxygen atoms in total. The Labute approximate surface area is 294 Å². The van der Waals surface area contributed by atoms with E-state index in [4.69, 9.17) is 0 Å². The zero-order chi connectivity index (χ0) is 34.7. The highest BCUT2D eigenvalue weighted by Crippen LogP contribution is 2.61. The lowest BCUT2D eigenvalue weighted by Gasteiger charge is -2.27. The highest BCUT2D eigenvalue weighted by atomic mass is 79.9. The van der Waals surface area contributed by atoms with Gasteiger partial charge in [-0.05, 0) is 90.8 Å². The van der Waals surface area contributed by atoms with Crippen molar-refractivity contribution in [3.8, 4) is 11.1 Å². The number of amides is 1. The van der Waals surface area contributed by atoms with Crippen molar-refractivity contribution in [3.63, 3.8) is 0 Å². The summed E-state index contributed by atoms with van der Waals surface area (Å²) in [5.41, 5.74) is 3.55. The van der Waals surface area contributed by atoms with Crippen molar-refractivity contribution in [3.05, 3.63) is 82.3 Å². The summed E-state index contributed by atoms with van der Waals surface area (Å²) in [6.07, 6.45) is 10.7. The molecule has 2 fully saturated rings. The summed E-state index contributed by atoms with van der Waals surface area (Å²) in [6, 6.07) is 8.53. The highest BCUT2D eigenvalue weighted by molar-refractivity contribution is 9.10. The minimum Gasteiger partial charge on any atom is -0.327 e. The number of hydrogen-bond donors (Lipinski definition) is 0. The maximum Gasteiger partial charge on any atom is 0.245 e. The topological polar surface area (TPSA) is 131 Å². The van der Waals surface area contributed by atoms with Crippen LogP contribution in [0, 0.1) is 12.3 Å². The summed E-state index contributed by atoms with van der Waals surface area (Å²) in [6.45, 7) is 3.78. The standard InChI is InChI=1S/C36H38BrN7O4S/c1-22(45)35-27-14-24(26-18-38-23(2)39-19-26)8-10-29(27)43(41-35)20-34(47)44-30-16-36(17-32(36)44)12-6-5-7-13-42(3)49(4,48)21-25-9-11-33(37)40-28(25)15-31(30)46/h6,8-12,14,18-19,30,32H,4-5,7,13,15-17,20-21H2,1-3H3/t30-,32+,36-,49?/m0/s1. The van der Waals surface area contributed by atoms with E-state index in [2.05, 4.69) is 54.0 Å². The smallest absolute Gasteiger partial charge is 0.245 e. The van der Waals surface area contributed by atoms with Crippen molar-refractivity contribution in [1.82, 2.24) is 33.9 Å². The fourth-order valence-corrected chi connectivity index (χ4v) is 9.04. The number of likely N-dealkylation sites (tertiary alicyclic amines) is 1. The molecule has 3 aliphatic rings. The second-order valence-electron chi connectivity index (χ2n) is 13.5. The van der Waals surface area contributed by atoms with Crippen LogP contribution in [0.2, 0.25) is 0 Å². The van der Waals surface area contributed by atoms with Crippen molar-refractivity contribution in [2.45, 2.75) is 70.3 Å². The van der Waals surface area contributed by atoms with Gasteiger partial charge in [0.1, 0.15) is 22.7 Å². The Morgan fingerprint density at radius 2 is 1.90 bits per heavy atom. The quantitative estimate of drug-likeness (QED) is 0.127. The Bertz CT molecular complexity index is 2150. The lowest BCUT2D eigenvalue weighted by atomic mass is 9.94. The molecule has 3 aromatic heterocycles. The molecule has 5 heterocycles. The minimum absolute atomic E-state index is 0.000342. The second-order valence-corrected chi connectivity index (χ2v) is 16.8. The van der Waals surface area contributed by atoms with Crippen LogP contribution in [0.4, 0.5) is 0 Å². The van der Waals surface area contributed by atoms with E-state index in [1.807, 2.05) is 42.5 Å². The third-order valence-corrected chi connectivity index (χ3v) is 12.6. The molecule has 2 aliphatic heterocycles. The number of nitrogens with zero attached hydrogens (tertiary/aromatic N) is 7. The summed E-state index contributed by atoms with van der Waals surface area (Å²) >= 11 is 3.44. The minimum atomic E-state index is -2.64. The number of hydrogen-bond acceptors (Lipinski definition) is 8. The molecule has 2 bridgehead atoms. The molecular weight excluding hydrogens is 706 g/mol. The Morgan fingerprint density at radius 3 is 2.65 bits per heavy atom. The van der Waals surface area contributed by atoms with Crippen LogP contribution in [-0.4, -0.2) is 87.2 Å². The van der Waals surface area contributed by atoms with Gasteiger partial charge in [0.15, 0.2) is 11.6 Å². The Balaban J connectivity index is 1.22. The number of pyridine rings is 1. The van der Waals surface area contributed by atoms with Crippen LogP contribution in [0.1, 0.15) is 60.2 Å². The lowest BCUT2D eigenvalue weighted by molar-refractivity contribution is -0.139. The average Bonchev–Trinajstić information content (AvgIpc) is 3.47. The molecule has 1 amide bonds. The molecule has 1 aromatic carbocycles. The predicted octanol–water partition coefficient (Wildman–Crippen LogP) is 4.75. The molecule has 1 saturated heterocycles. The Hall–Kier alpha value is -4.07. The van der Waals surface area contributed by atoms with Crippen molar-refractivity contribution < 1.29 is 18.6 Å². The molecule has 254 valence electrons. The molecule has 1 unspecified atom stereocenters. The number of Topliss-reactive ketones (excluding diaryl/α,β-unsaturated/α-hetero) is 2. The monoisotopic (exact) mass is 743 g/mol. The third-order valence-electron chi connectivity index (χ3n) is 10.1. The van der Waals surface area contributed by atoms with Crippen molar-refractivity contribution in [1.29, 1.82) is 0 Å². The highest BCUT2D eigenvalue weighted by Gasteiger charge is 2.65. The summed E-state index contributed by atoms with van der Waals surface area (Å²) in [5, 5.41) is 5.25. The number of aryl methyl sites for hydroxylation is 1. The van der Waals surface area contributed by atoms with E-state index in [1.54, 1.807) is 28.0 Å². The molecule has 4 atom stereocenters. The molecule has 0 N–H and O–H groups in total.